The van der Waals surface area contributed by atoms with Crippen LogP contribution in [0.5, 0.6) is 0 Å². The first kappa shape index (κ1) is 18.6. The van der Waals surface area contributed by atoms with Crippen LogP contribution in [0.15, 0.2) is 29.8 Å². The van der Waals surface area contributed by atoms with Gasteiger partial charge in [-0.15, -0.1) is 0 Å². The molecule has 1 aliphatic rings. The first-order chi connectivity index (χ1) is 12.4. The van der Waals surface area contributed by atoms with Gasteiger partial charge in [0.05, 0.1) is 23.7 Å². The van der Waals surface area contributed by atoms with Crippen molar-refractivity contribution < 1.29 is 9.53 Å². The van der Waals surface area contributed by atoms with Gasteiger partial charge in [0, 0.05) is 6.42 Å². The Labute approximate surface area is 155 Å². The molecule has 5 nitrogen and oxygen atoms in total. The van der Waals surface area contributed by atoms with Crippen molar-refractivity contribution in [1.82, 2.24) is 9.97 Å². The minimum atomic E-state index is -0.332. The number of ether oxygens (including phenoxy) is 1. The first-order valence-corrected chi connectivity index (χ1v) is 9.38. The molecule has 2 aromatic rings. The van der Waals surface area contributed by atoms with Crippen LogP contribution in [0, 0.1) is 23.7 Å². The predicted molar refractivity (Wildman–Crippen MR) is 104 cm³/mol. The third-order valence-corrected chi connectivity index (χ3v) is 5.75. The summed E-state index contributed by atoms with van der Waals surface area (Å²) in [4.78, 5) is 19.8. The molecule has 1 aromatic carbocycles. The molecule has 26 heavy (non-hydrogen) atoms. The number of esters is 1. The molecule has 5 heteroatoms. The van der Waals surface area contributed by atoms with E-state index in [9.17, 15) is 4.79 Å². The topological polar surface area (TPSA) is 81.0 Å². The number of aromatic nitrogens is 2. The number of rotatable bonds is 5. The number of aromatic amines is 1. The summed E-state index contributed by atoms with van der Waals surface area (Å²) >= 11 is 0. The molecular weight excluding hydrogens is 326 g/mol. The predicted octanol–water partition coefficient (Wildman–Crippen LogP) is 3.71. The van der Waals surface area contributed by atoms with Gasteiger partial charge in [-0.25, -0.2) is 9.78 Å². The Morgan fingerprint density at radius 2 is 2.19 bits per heavy atom. The fourth-order valence-electron chi connectivity index (χ4n) is 4.18. The Morgan fingerprint density at radius 3 is 2.85 bits per heavy atom. The molecule has 0 bridgehead atoms. The van der Waals surface area contributed by atoms with Crippen LogP contribution >= 0.6 is 0 Å². The molecule has 0 saturated carbocycles. The molecule has 0 fully saturated rings. The number of allylic oxidation sites excluding steroid dienone is 1. The van der Waals surface area contributed by atoms with E-state index >= 15 is 0 Å². The summed E-state index contributed by atoms with van der Waals surface area (Å²) in [6.45, 7) is 7.50. The molecular formula is C21H29N3O2. The highest BCUT2D eigenvalue weighted by atomic mass is 16.5. The maximum atomic E-state index is 11.7. The minimum absolute atomic E-state index is 0.332. The zero-order valence-electron chi connectivity index (χ0n) is 16.1. The lowest BCUT2D eigenvalue weighted by Gasteiger charge is -2.36. The molecule has 3 rings (SSSR count). The zero-order valence-corrected chi connectivity index (χ0v) is 16.1. The van der Waals surface area contributed by atoms with Gasteiger partial charge in [0.15, 0.2) is 0 Å². The summed E-state index contributed by atoms with van der Waals surface area (Å²) in [6, 6.07) is 5.43. The van der Waals surface area contributed by atoms with Gasteiger partial charge in [0.25, 0.3) is 0 Å². The lowest BCUT2D eigenvalue weighted by Crippen LogP contribution is -2.32. The minimum Gasteiger partial charge on any atom is -0.465 e. The molecule has 1 heterocycles. The normalized spacial score (nSPS) is 23.3. The number of benzene rings is 1. The monoisotopic (exact) mass is 355 g/mol. The summed E-state index contributed by atoms with van der Waals surface area (Å²) in [5.74, 6) is 2.82. The van der Waals surface area contributed by atoms with Crippen molar-refractivity contribution in [2.75, 3.05) is 13.7 Å². The number of hydrogen-bond donors (Lipinski definition) is 2. The molecule has 140 valence electrons. The molecule has 1 aromatic heterocycles. The van der Waals surface area contributed by atoms with Crippen molar-refractivity contribution in [3.63, 3.8) is 0 Å². The van der Waals surface area contributed by atoms with Crippen molar-refractivity contribution in [2.24, 2.45) is 29.4 Å². The molecule has 0 saturated heterocycles. The van der Waals surface area contributed by atoms with Gasteiger partial charge in [-0.2, -0.15) is 0 Å². The van der Waals surface area contributed by atoms with Gasteiger partial charge in [0.2, 0.25) is 0 Å². The van der Waals surface area contributed by atoms with E-state index in [-0.39, 0.29) is 5.97 Å². The van der Waals surface area contributed by atoms with Gasteiger partial charge in [-0.3, -0.25) is 0 Å². The van der Waals surface area contributed by atoms with E-state index in [1.165, 1.54) is 12.7 Å². The summed E-state index contributed by atoms with van der Waals surface area (Å²) < 4.78 is 4.79. The molecule has 0 unspecified atom stereocenters. The molecule has 3 N–H and O–H groups in total. The highest BCUT2D eigenvalue weighted by Crippen LogP contribution is 2.38. The molecule has 0 radical (unpaired) electrons. The van der Waals surface area contributed by atoms with Gasteiger partial charge < -0.3 is 15.5 Å². The van der Waals surface area contributed by atoms with E-state index in [0.717, 1.165) is 29.7 Å². The highest BCUT2D eigenvalue weighted by Gasteiger charge is 2.31. The maximum Gasteiger partial charge on any atom is 0.337 e. The van der Waals surface area contributed by atoms with E-state index in [1.807, 2.05) is 12.1 Å². The molecule has 0 amide bonds. The summed E-state index contributed by atoms with van der Waals surface area (Å²) in [5.41, 5.74) is 9.69. The molecule has 0 aliphatic heterocycles. The van der Waals surface area contributed by atoms with Gasteiger partial charge in [-0.05, 0) is 61.8 Å². The first-order valence-electron chi connectivity index (χ1n) is 9.38. The summed E-state index contributed by atoms with van der Waals surface area (Å²) in [7, 11) is 1.39. The Hall–Kier alpha value is -2.14. The van der Waals surface area contributed by atoms with Crippen molar-refractivity contribution in [3.8, 4) is 0 Å². The third kappa shape index (κ3) is 3.68. The highest BCUT2D eigenvalue weighted by molar-refractivity contribution is 5.93. The molecule has 0 spiro atoms. The van der Waals surface area contributed by atoms with Crippen molar-refractivity contribution >= 4 is 17.0 Å². The number of imidazole rings is 1. The van der Waals surface area contributed by atoms with Crippen molar-refractivity contribution in [3.05, 3.63) is 41.2 Å². The summed E-state index contributed by atoms with van der Waals surface area (Å²) in [5, 5.41) is 0. The van der Waals surface area contributed by atoms with E-state index in [4.69, 9.17) is 15.5 Å². The number of carbonyl (C=O) groups excluding carboxylic acids is 1. The van der Waals surface area contributed by atoms with E-state index in [2.05, 4.69) is 31.8 Å². The fraction of sp³-hybridized carbons (Fsp3) is 0.524. The number of nitrogens with one attached hydrogen (secondary N) is 1. The number of H-pyrrole nitrogens is 1. The largest absolute Gasteiger partial charge is 0.465 e. The molecule has 1 aliphatic carbocycles. The van der Waals surface area contributed by atoms with E-state index < -0.39 is 0 Å². The number of nitrogens with two attached hydrogens (primary N) is 1. The van der Waals surface area contributed by atoms with Gasteiger partial charge >= 0.3 is 5.97 Å². The Bertz CT molecular complexity index is 822. The Balaban J connectivity index is 1.83. The van der Waals surface area contributed by atoms with Crippen LogP contribution in [0.25, 0.3) is 11.0 Å². The third-order valence-electron chi connectivity index (χ3n) is 5.75. The van der Waals surface area contributed by atoms with Gasteiger partial charge in [0.1, 0.15) is 5.82 Å². The lowest BCUT2D eigenvalue weighted by molar-refractivity contribution is 0.0601. The van der Waals surface area contributed by atoms with Crippen LogP contribution in [-0.4, -0.2) is 29.6 Å². The molecule has 3 atom stereocenters. The van der Waals surface area contributed by atoms with Crippen molar-refractivity contribution in [2.45, 2.75) is 33.6 Å². The van der Waals surface area contributed by atoms with Crippen LogP contribution < -0.4 is 5.73 Å². The number of hydrogen-bond acceptors (Lipinski definition) is 4. The average Bonchev–Trinajstić information content (AvgIpc) is 3.03. The Morgan fingerprint density at radius 1 is 1.42 bits per heavy atom. The van der Waals surface area contributed by atoms with Crippen LogP contribution in [0.3, 0.4) is 0 Å². The van der Waals surface area contributed by atoms with Crippen LogP contribution in [-0.2, 0) is 11.2 Å². The SMILES string of the molecule is COC(=O)c1ccc2nc(C[C@@H]3C[C@@H](C(C)C)[C@H](CN)C=C3C)[nH]c2c1. The lowest BCUT2D eigenvalue weighted by atomic mass is 9.70. The number of carbonyl (C=O) groups is 1. The van der Waals surface area contributed by atoms with Gasteiger partial charge in [-0.1, -0.05) is 25.5 Å². The maximum absolute atomic E-state index is 11.7. The Kier molecular flexibility index (Phi) is 5.47. The van der Waals surface area contributed by atoms with Crippen LogP contribution in [0.2, 0.25) is 0 Å². The quantitative estimate of drug-likeness (QED) is 0.633. The van der Waals surface area contributed by atoms with Crippen molar-refractivity contribution in [1.29, 1.82) is 0 Å². The second-order valence-electron chi connectivity index (χ2n) is 7.76. The number of fused-ring (bicyclic) bond motifs is 1. The van der Waals surface area contributed by atoms with Crippen LogP contribution in [0.1, 0.15) is 43.4 Å². The fourth-order valence-corrected chi connectivity index (χ4v) is 4.18. The standard InChI is InChI=1S/C21H29N3O2/c1-12(2)17-8-15(13(3)7-16(17)11-22)10-20-23-18-6-5-14(21(25)26-4)9-19(18)24-20/h5-7,9,12,15-17H,8,10-11,22H2,1-4H3,(H,23,24)/t15-,16-,17-/m0/s1. The number of nitrogens with zero attached hydrogens (tertiary/aromatic N) is 1. The smallest absolute Gasteiger partial charge is 0.337 e. The van der Waals surface area contributed by atoms with E-state index in [1.54, 1.807) is 6.07 Å². The average molecular weight is 355 g/mol. The summed E-state index contributed by atoms with van der Waals surface area (Å²) in [6.07, 6.45) is 4.40. The zero-order chi connectivity index (χ0) is 18.8. The van der Waals surface area contributed by atoms with Crippen LogP contribution in [0.4, 0.5) is 0 Å². The number of methoxy groups -OCH3 is 1. The second kappa shape index (κ2) is 7.62. The second-order valence-corrected chi connectivity index (χ2v) is 7.76. The van der Waals surface area contributed by atoms with E-state index in [0.29, 0.717) is 35.8 Å².